The fourth-order valence-corrected chi connectivity index (χ4v) is 2.25. The maximum Gasteiger partial charge on any atom is 0.225 e. The lowest BCUT2D eigenvalue weighted by Gasteiger charge is -2.14. The molecular weight excluding hydrogens is 252 g/mol. The van der Waals surface area contributed by atoms with Crippen LogP contribution in [0.2, 0.25) is 5.02 Å². The van der Waals surface area contributed by atoms with Gasteiger partial charge in [0.05, 0.1) is 6.10 Å². The van der Waals surface area contributed by atoms with E-state index in [0.717, 1.165) is 13.0 Å². The molecule has 1 amide bonds. The van der Waals surface area contributed by atoms with Crippen LogP contribution in [0.15, 0.2) is 24.3 Å². The smallest absolute Gasteiger partial charge is 0.225 e. The molecule has 0 radical (unpaired) electrons. The second kappa shape index (κ2) is 6.18. The summed E-state index contributed by atoms with van der Waals surface area (Å²) in [5, 5.41) is 12.8. The standard InChI is InChI=1S/C13H17ClN2O2/c14-10-2-1-3-11(8-10)15-13(18)5-7-16-6-4-12(17)9-16/h1-3,8,12,17H,4-7,9H2,(H,15,18)/t12-/m0/s1. The van der Waals surface area contributed by atoms with Crippen molar-refractivity contribution in [2.75, 3.05) is 25.0 Å². The normalized spacial score (nSPS) is 20.0. The van der Waals surface area contributed by atoms with Crippen LogP contribution >= 0.6 is 11.6 Å². The first-order chi connectivity index (χ1) is 8.63. The summed E-state index contributed by atoms with van der Waals surface area (Å²) in [5.74, 6) is -0.0290. The minimum Gasteiger partial charge on any atom is -0.392 e. The Kier molecular flexibility index (Phi) is 4.58. The molecule has 1 aromatic rings. The van der Waals surface area contributed by atoms with Gasteiger partial charge in [-0.25, -0.2) is 0 Å². The second-order valence-corrected chi connectivity index (χ2v) is 4.99. The molecule has 5 heteroatoms. The summed E-state index contributed by atoms with van der Waals surface area (Å²) in [5.41, 5.74) is 0.717. The Balaban J connectivity index is 1.75. The van der Waals surface area contributed by atoms with Gasteiger partial charge in [-0.1, -0.05) is 17.7 Å². The minimum absolute atomic E-state index is 0.0290. The van der Waals surface area contributed by atoms with Gasteiger partial charge in [0.2, 0.25) is 5.91 Å². The van der Waals surface area contributed by atoms with Crippen molar-refractivity contribution in [3.63, 3.8) is 0 Å². The Morgan fingerprint density at radius 3 is 3.06 bits per heavy atom. The van der Waals surface area contributed by atoms with Gasteiger partial charge < -0.3 is 15.3 Å². The molecule has 0 aliphatic carbocycles. The number of rotatable bonds is 4. The number of benzene rings is 1. The number of carbonyl (C=O) groups is 1. The third-order valence-corrected chi connectivity index (χ3v) is 3.25. The van der Waals surface area contributed by atoms with Gasteiger partial charge in [-0.15, -0.1) is 0 Å². The van der Waals surface area contributed by atoms with Crippen molar-refractivity contribution in [2.24, 2.45) is 0 Å². The molecule has 0 saturated carbocycles. The molecule has 2 N–H and O–H groups in total. The van der Waals surface area contributed by atoms with Crippen LogP contribution in [0.4, 0.5) is 5.69 Å². The maximum atomic E-state index is 11.7. The molecule has 0 bridgehead atoms. The largest absolute Gasteiger partial charge is 0.392 e. The molecule has 0 spiro atoms. The van der Waals surface area contributed by atoms with Gasteiger partial charge in [0.1, 0.15) is 0 Å². The number of halogens is 1. The average molecular weight is 269 g/mol. The Morgan fingerprint density at radius 2 is 2.39 bits per heavy atom. The zero-order valence-electron chi connectivity index (χ0n) is 10.1. The van der Waals surface area contributed by atoms with Crippen molar-refractivity contribution in [1.82, 2.24) is 4.90 Å². The Morgan fingerprint density at radius 1 is 1.56 bits per heavy atom. The molecule has 98 valence electrons. The summed E-state index contributed by atoms with van der Waals surface area (Å²) < 4.78 is 0. The number of hydrogen-bond acceptors (Lipinski definition) is 3. The molecule has 1 saturated heterocycles. The molecule has 1 atom stereocenters. The van der Waals surface area contributed by atoms with Crippen LogP contribution in [0.3, 0.4) is 0 Å². The third-order valence-electron chi connectivity index (χ3n) is 3.01. The van der Waals surface area contributed by atoms with Gasteiger partial charge >= 0.3 is 0 Å². The van der Waals surface area contributed by atoms with Crippen LogP contribution in [0.25, 0.3) is 0 Å². The molecular formula is C13H17ClN2O2. The summed E-state index contributed by atoms with van der Waals surface area (Å²) in [6.07, 6.45) is 0.996. The molecule has 1 aliphatic heterocycles. The SMILES string of the molecule is O=C(CCN1CC[C@H](O)C1)Nc1cccc(Cl)c1. The second-order valence-electron chi connectivity index (χ2n) is 4.55. The number of β-amino-alcohol motifs (C(OH)–C–C–N with tert-alkyl or cyclic N) is 1. The summed E-state index contributed by atoms with van der Waals surface area (Å²) in [6, 6.07) is 7.10. The van der Waals surface area contributed by atoms with E-state index in [1.165, 1.54) is 0 Å². The summed E-state index contributed by atoms with van der Waals surface area (Å²) in [4.78, 5) is 13.8. The zero-order chi connectivity index (χ0) is 13.0. The maximum absolute atomic E-state index is 11.7. The van der Waals surface area contributed by atoms with Crippen molar-refractivity contribution in [2.45, 2.75) is 18.9 Å². The fourth-order valence-electron chi connectivity index (χ4n) is 2.06. The molecule has 1 aromatic carbocycles. The molecule has 0 unspecified atom stereocenters. The summed E-state index contributed by atoms with van der Waals surface area (Å²) >= 11 is 5.84. The molecule has 0 aromatic heterocycles. The number of carbonyl (C=O) groups excluding carboxylic acids is 1. The van der Waals surface area contributed by atoms with E-state index in [-0.39, 0.29) is 12.0 Å². The van der Waals surface area contributed by atoms with E-state index in [1.54, 1.807) is 18.2 Å². The first-order valence-electron chi connectivity index (χ1n) is 6.09. The van der Waals surface area contributed by atoms with Gasteiger partial charge in [0.25, 0.3) is 0 Å². The van der Waals surface area contributed by atoms with Gasteiger partial charge in [-0.05, 0) is 24.6 Å². The monoisotopic (exact) mass is 268 g/mol. The van der Waals surface area contributed by atoms with Gasteiger partial charge in [-0.2, -0.15) is 0 Å². The van der Waals surface area contributed by atoms with Crippen molar-refractivity contribution in [3.05, 3.63) is 29.3 Å². The van der Waals surface area contributed by atoms with Crippen LogP contribution in [-0.4, -0.2) is 41.7 Å². The molecule has 2 rings (SSSR count). The van der Waals surface area contributed by atoms with Crippen LogP contribution in [0.1, 0.15) is 12.8 Å². The first-order valence-corrected chi connectivity index (χ1v) is 6.47. The Hall–Kier alpha value is -1.10. The predicted octanol–water partition coefficient (Wildman–Crippen LogP) is 1.74. The predicted molar refractivity (Wildman–Crippen MR) is 71.8 cm³/mol. The van der Waals surface area contributed by atoms with E-state index in [9.17, 15) is 9.90 Å². The van der Waals surface area contributed by atoms with Crippen molar-refractivity contribution < 1.29 is 9.90 Å². The number of nitrogens with zero attached hydrogens (tertiary/aromatic N) is 1. The van der Waals surface area contributed by atoms with Gasteiger partial charge in [0, 0.05) is 36.8 Å². The molecule has 1 fully saturated rings. The van der Waals surface area contributed by atoms with Gasteiger partial charge in [-0.3, -0.25) is 4.79 Å². The number of hydrogen-bond donors (Lipinski definition) is 2. The van der Waals surface area contributed by atoms with E-state index in [4.69, 9.17) is 11.6 Å². The third kappa shape index (κ3) is 3.98. The van der Waals surface area contributed by atoms with E-state index in [0.29, 0.717) is 30.2 Å². The summed E-state index contributed by atoms with van der Waals surface area (Å²) in [7, 11) is 0. The average Bonchev–Trinajstić information content (AvgIpc) is 2.73. The van der Waals surface area contributed by atoms with Crippen LogP contribution < -0.4 is 5.32 Å². The van der Waals surface area contributed by atoms with Crippen LogP contribution in [0.5, 0.6) is 0 Å². The van der Waals surface area contributed by atoms with Crippen LogP contribution in [-0.2, 0) is 4.79 Å². The van der Waals surface area contributed by atoms with Crippen molar-refractivity contribution in [3.8, 4) is 0 Å². The highest BCUT2D eigenvalue weighted by Gasteiger charge is 2.20. The highest BCUT2D eigenvalue weighted by molar-refractivity contribution is 6.30. The number of nitrogens with one attached hydrogen (secondary N) is 1. The minimum atomic E-state index is -0.235. The number of likely N-dealkylation sites (tertiary alicyclic amines) is 1. The van der Waals surface area contributed by atoms with Gasteiger partial charge in [0.15, 0.2) is 0 Å². The zero-order valence-corrected chi connectivity index (χ0v) is 10.9. The topological polar surface area (TPSA) is 52.6 Å². The number of amides is 1. The molecule has 18 heavy (non-hydrogen) atoms. The Bertz CT molecular complexity index is 425. The van der Waals surface area contributed by atoms with Crippen molar-refractivity contribution in [1.29, 1.82) is 0 Å². The number of anilines is 1. The molecule has 1 aliphatic rings. The molecule has 1 heterocycles. The van der Waals surface area contributed by atoms with E-state index >= 15 is 0 Å². The Labute approximate surface area is 112 Å². The van der Waals surface area contributed by atoms with Crippen LogP contribution in [0, 0.1) is 0 Å². The lowest BCUT2D eigenvalue weighted by atomic mass is 10.3. The molecule has 4 nitrogen and oxygen atoms in total. The van der Waals surface area contributed by atoms with E-state index in [2.05, 4.69) is 10.2 Å². The lowest BCUT2D eigenvalue weighted by Crippen LogP contribution is -2.26. The highest BCUT2D eigenvalue weighted by Crippen LogP contribution is 2.15. The number of aliphatic hydroxyl groups is 1. The first kappa shape index (κ1) is 13.3. The number of aliphatic hydroxyl groups excluding tert-OH is 1. The fraction of sp³-hybridized carbons (Fsp3) is 0.462. The highest BCUT2D eigenvalue weighted by atomic mass is 35.5. The quantitative estimate of drug-likeness (QED) is 0.875. The lowest BCUT2D eigenvalue weighted by molar-refractivity contribution is -0.116. The van der Waals surface area contributed by atoms with E-state index < -0.39 is 0 Å². The van der Waals surface area contributed by atoms with E-state index in [1.807, 2.05) is 6.07 Å². The van der Waals surface area contributed by atoms with Crippen molar-refractivity contribution >= 4 is 23.2 Å². The summed E-state index contributed by atoms with van der Waals surface area (Å²) in [6.45, 7) is 2.22.